The van der Waals surface area contributed by atoms with Crippen molar-refractivity contribution in [1.82, 2.24) is 4.57 Å². The van der Waals surface area contributed by atoms with Crippen molar-refractivity contribution < 1.29 is 4.57 Å². The van der Waals surface area contributed by atoms with Crippen molar-refractivity contribution in [3.8, 4) is 0 Å². The molecular weight excluding hydrogens is 581 g/mol. The summed E-state index contributed by atoms with van der Waals surface area (Å²) in [6, 6.07) is 0. The number of hydrogen-bond donors (Lipinski definition) is 0. The Labute approximate surface area is 304 Å². The Morgan fingerprint density at radius 3 is 1.00 bits per heavy atom. The third-order valence-corrected chi connectivity index (χ3v) is 11.1. The summed E-state index contributed by atoms with van der Waals surface area (Å²) in [6.45, 7) is 9.41. The molecular formula is C46H91N2+. The van der Waals surface area contributed by atoms with Gasteiger partial charge in [-0.15, -0.1) is 0 Å². The lowest BCUT2D eigenvalue weighted by Gasteiger charge is -2.07. The molecule has 0 amide bonds. The maximum atomic E-state index is 2.65. The van der Waals surface area contributed by atoms with Crippen LogP contribution in [0.25, 0.3) is 0 Å². The summed E-state index contributed by atoms with van der Waals surface area (Å²) in [5.41, 5.74) is 0. The first-order valence-corrected chi connectivity index (χ1v) is 22.9. The van der Waals surface area contributed by atoms with Crippen molar-refractivity contribution in [2.75, 3.05) is 0 Å². The monoisotopic (exact) mass is 672 g/mol. The molecule has 0 aliphatic rings. The number of imidazole rings is 1. The average molecular weight is 672 g/mol. The van der Waals surface area contributed by atoms with Gasteiger partial charge in [0.2, 0.25) is 0 Å². The van der Waals surface area contributed by atoms with E-state index in [0.29, 0.717) is 0 Å². The van der Waals surface area contributed by atoms with Gasteiger partial charge in [0.1, 0.15) is 12.4 Å². The summed E-state index contributed by atoms with van der Waals surface area (Å²) in [5, 5.41) is 0. The third-order valence-electron chi connectivity index (χ3n) is 11.1. The topological polar surface area (TPSA) is 8.81 Å². The second-order valence-electron chi connectivity index (χ2n) is 15.9. The van der Waals surface area contributed by atoms with E-state index in [1.165, 1.54) is 257 Å². The summed E-state index contributed by atoms with van der Waals surface area (Å²) in [4.78, 5) is 0. The highest BCUT2D eigenvalue weighted by molar-refractivity contribution is 4.84. The minimum atomic E-state index is 1.23. The molecule has 0 aliphatic heterocycles. The van der Waals surface area contributed by atoms with Gasteiger partial charge < -0.3 is 0 Å². The van der Waals surface area contributed by atoms with Crippen LogP contribution in [-0.4, -0.2) is 4.57 Å². The fourth-order valence-electron chi connectivity index (χ4n) is 7.74. The lowest BCUT2D eigenvalue weighted by atomic mass is 10.0. The zero-order valence-corrected chi connectivity index (χ0v) is 33.8. The fourth-order valence-corrected chi connectivity index (χ4v) is 7.74. The van der Waals surface area contributed by atoms with Crippen LogP contribution in [0.3, 0.4) is 0 Å². The van der Waals surface area contributed by atoms with Gasteiger partial charge in [0.25, 0.3) is 5.82 Å². The predicted octanol–water partition coefficient (Wildman–Crippen LogP) is 15.8. The molecule has 0 bridgehead atoms. The number of nitrogens with zero attached hydrogens (tertiary/aromatic N) is 2. The molecule has 2 heteroatoms. The van der Waals surface area contributed by atoms with E-state index < -0.39 is 0 Å². The van der Waals surface area contributed by atoms with Crippen LogP contribution in [-0.2, 0) is 19.5 Å². The molecule has 2 nitrogen and oxygen atoms in total. The molecule has 1 aromatic rings. The number of unbranched alkanes of at least 4 members (excludes halogenated alkanes) is 34. The van der Waals surface area contributed by atoms with Crippen molar-refractivity contribution in [2.45, 2.75) is 278 Å². The summed E-state index contributed by atoms with van der Waals surface area (Å²) in [5.74, 6) is 1.63. The summed E-state index contributed by atoms with van der Waals surface area (Å²) < 4.78 is 5.30. The lowest BCUT2D eigenvalue weighted by Crippen LogP contribution is -2.37. The first kappa shape index (κ1) is 45.2. The van der Waals surface area contributed by atoms with Crippen LogP contribution < -0.4 is 4.57 Å². The van der Waals surface area contributed by atoms with E-state index in [4.69, 9.17) is 0 Å². The molecule has 48 heavy (non-hydrogen) atoms. The molecule has 0 unspecified atom stereocenters. The smallest absolute Gasteiger partial charge is 0.234 e. The van der Waals surface area contributed by atoms with Crippen molar-refractivity contribution in [3.05, 3.63) is 18.2 Å². The van der Waals surface area contributed by atoms with Gasteiger partial charge in [-0.3, -0.25) is 0 Å². The van der Waals surface area contributed by atoms with Crippen LogP contribution >= 0.6 is 0 Å². The third kappa shape index (κ3) is 29.0. The van der Waals surface area contributed by atoms with E-state index in [2.05, 4.69) is 42.3 Å². The van der Waals surface area contributed by atoms with E-state index in [0.717, 1.165) is 0 Å². The summed E-state index contributed by atoms with van der Waals surface area (Å²) in [6.07, 6.45) is 59.3. The predicted molar refractivity (Wildman–Crippen MR) is 216 cm³/mol. The SMILES string of the molecule is CCCCCCCCCCCCCCCCn1cc[n+](CCCCCCCCCCCCCCCC)c1CCCCCCCCCCC. The van der Waals surface area contributed by atoms with E-state index in [9.17, 15) is 0 Å². The van der Waals surface area contributed by atoms with Crippen LogP contribution in [0.1, 0.15) is 264 Å². The maximum absolute atomic E-state index is 2.65. The Bertz CT molecular complexity index is 687. The zero-order chi connectivity index (χ0) is 34.4. The molecule has 0 aliphatic carbocycles. The number of rotatable bonds is 40. The highest BCUT2D eigenvalue weighted by Gasteiger charge is 2.16. The molecule has 0 fully saturated rings. The lowest BCUT2D eigenvalue weighted by molar-refractivity contribution is -0.704. The van der Waals surface area contributed by atoms with Gasteiger partial charge in [-0.25, -0.2) is 9.13 Å². The molecule has 0 N–H and O–H groups in total. The molecule has 0 radical (unpaired) electrons. The van der Waals surface area contributed by atoms with Crippen LogP contribution in [0.2, 0.25) is 0 Å². The van der Waals surface area contributed by atoms with Gasteiger partial charge >= 0.3 is 0 Å². The highest BCUT2D eigenvalue weighted by Crippen LogP contribution is 2.16. The van der Waals surface area contributed by atoms with Gasteiger partial charge in [0.05, 0.1) is 13.1 Å². The molecule has 1 heterocycles. The first-order valence-electron chi connectivity index (χ1n) is 22.9. The minimum Gasteiger partial charge on any atom is -0.234 e. The van der Waals surface area contributed by atoms with Gasteiger partial charge in [-0.1, -0.05) is 226 Å². The van der Waals surface area contributed by atoms with Crippen molar-refractivity contribution in [2.24, 2.45) is 0 Å². The summed E-state index contributed by atoms with van der Waals surface area (Å²) in [7, 11) is 0. The molecule has 284 valence electrons. The maximum Gasteiger partial charge on any atom is 0.256 e. The normalized spacial score (nSPS) is 11.6. The van der Waals surface area contributed by atoms with Crippen molar-refractivity contribution in [1.29, 1.82) is 0 Å². The van der Waals surface area contributed by atoms with E-state index in [1.54, 1.807) is 5.82 Å². The number of aromatic nitrogens is 2. The Kier molecular flexibility index (Phi) is 35.3. The second-order valence-corrected chi connectivity index (χ2v) is 15.9. The van der Waals surface area contributed by atoms with E-state index >= 15 is 0 Å². The van der Waals surface area contributed by atoms with Crippen LogP contribution in [0, 0.1) is 0 Å². The quantitative estimate of drug-likeness (QED) is 0.0485. The van der Waals surface area contributed by atoms with Gasteiger partial charge in [0, 0.05) is 6.42 Å². The minimum absolute atomic E-state index is 1.23. The van der Waals surface area contributed by atoms with Crippen LogP contribution in [0.15, 0.2) is 12.4 Å². The van der Waals surface area contributed by atoms with Crippen molar-refractivity contribution >= 4 is 0 Å². The second kappa shape index (κ2) is 37.5. The molecule has 0 saturated carbocycles. The Hall–Kier alpha value is -0.790. The average Bonchev–Trinajstić information content (AvgIpc) is 3.48. The highest BCUT2D eigenvalue weighted by atomic mass is 15.1. The van der Waals surface area contributed by atoms with Gasteiger partial charge in [0.15, 0.2) is 0 Å². The van der Waals surface area contributed by atoms with E-state index in [1.807, 2.05) is 0 Å². The largest absolute Gasteiger partial charge is 0.256 e. The molecule has 0 saturated heterocycles. The molecule has 0 spiro atoms. The first-order chi connectivity index (χ1) is 23.8. The van der Waals surface area contributed by atoms with Crippen LogP contribution in [0.4, 0.5) is 0 Å². The fraction of sp³-hybridized carbons (Fsp3) is 0.935. The summed E-state index contributed by atoms with van der Waals surface area (Å²) >= 11 is 0. The Balaban J connectivity index is 2.25. The van der Waals surface area contributed by atoms with Crippen molar-refractivity contribution in [3.63, 3.8) is 0 Å². The van der Waals surface area contributed by atoms with E-state index in [-0.39, 0.29) is 0 Å². The van der Waals surface area contributed by atoms with Crippen LogP contribution in [0.5, 0.6) is 0 Å². The Morgan fingerprint density at radius 1 is 0.354 bits per heavy atom. The Morgan fingerprint density at radius 2 is 0.646 bits per heavy atom. The number of aryl methyl sites for hydroxylation is 2. The molecule has 1 rings (SSSR count). The molecule has 0 aromatic carbocycles. The van der Waals surface area contributed by atoms with Gasteiger partial charge in [-0.2, -0.15) is 0 Å². The molecule has 1 aromatic heterocycles. The zero-order valence-electron chi connectivity index (χ0n) is 33.8. The standard InChI is InChI=1S/C46H91N2/c1-4-7-10-13-16-19-21-23-25-27-30-33-36-39-42-47-44-45-48(46(47)41-38-35-32-29-18-15-12-9-6-3)43-40-37-34-31-28-26-24-22-20-17-14-11-8-5-2/h44-45H,4-43H2,1-3H3/q+1. The van der Waals surface area contributed by atoms with Gasteiger partial charge in [-0.05, 0) is 32.1 Å². The number of hydrogen-bond acceptors (Lipinski definition) is 0. The molecule has 0 atom stereocenters.